The van der Waals surface area contributed by atoms with Crippen LogP contribution in [0.5, 0.6) is 0 Å². The summed E-state index contributed by atoms with van der Waals surface area (Å²) in [6.45, 7) is 11.2. The van der Waals surface area contributed by atoms with Crippen LogP contribution in [-0.2, 0) is 17.6 Å². The topological polar surface area (TPSA) is 66.1 Å². The zero-order chi connectivity index (χ0) is 18.8. The van der Waals surface area contributed by atoms with Crippen LogP contribution in [0.15, 0.2) is 22.1 Å². The number of thiophene rings is 1. The number of carbonyl (C=O) groups is 1. The highest BCUT2D eigenvalue weighted by atomic mass is 32.2. The molecule has 0 radical (unpaired) electrons. The van der Waals surface area contributed by atoms with E-state index in [2.05, 4.69) is 23.5 Å². The number of amides is 1. The van der Waals surface area contributed by atoms with Crippen LogP contribution in [0, 0.1) is 5.92 Å². The van der Waals surface area contributed by atoms with Gasteiger partial charge < -0.3 is 9.88 Å². The summed E-state index contributed by atoms with van der Waals surface area (Å²) in [4.78, 5) is 36.3. The Balaban J connectivity index is 1.78. The number of fused-ring (bicyclic) bond motifs is 3. The van der Waals surface area contributed by atoms with Crippen molar-refractivity contribution in [2.75, 3.05) is 18.8 Å². The van der Waals surface area contributed by atoms with Crippen LogP contribution in [-0.4, -0.2) is 39.6 Å². The van der Waals surface area contributed by atoms with Crippen molar-refractivity contribution >= 4 is 39.2 Å². The first-order chi connectivity index (χ1) is 12.4. The second-order valence-corrected chi connectivity index (χ2v) is 9.10. The first-order valence-electron chi connectivity index (χ1n) is 8.98. The van der Waals surface area contributed by atoms with Crippen molar-refractivity contribution < 1.29 is 4.79 Å². The Morgan fingerprint density at radius 2 is 2.27 bits per heavy atom. The molecule has 1 atom stereocenters. The van der Waals surface area contributed by atoms with Gasteiger partial charge in [0, 0.05) is 18.0 Å². The minimum Gasteiger partial charge on any atom is -0.338 e. The van der Waals surface area contributed by atoms with Crippen LogP contribution in [0.4, 0.5) is 0 Å². The number of aryl methyl sites for hydroxylation is 1. The van der Waals surface area contributed by atoms with Gasteiger partial charge in [-0.1, -0.05) is 30.8 Å². The molecular formula is C19H25N3O2S2. The molecule has 0 saturated heterocycles. The summed E-state index contributed by atoms with van der Waals surface area (Å²) in [6, 6.07) is 0. The second kappa shape index (κ2) is 7.96. The largest absolute Gasteiger partial charge is 0.338 e. The number of carbonyl (C=O) groups excluding carboxylic acids is 1. The molecule has 0 fully saturated rings. The number of likely N-dealkylation sites (N-methyl/N-ethyl adjacent to an activating group) is 1. The molecule has 5 nitrogen and oxygen atoms in total. The first kappa shape index (κ1) is 19.2. The van der Waals surface area contributed by atoms with Gasteiger partial charge >= 0.3 is 0 Å². The van der Waals surface area contributed by atoms with E-state index in [1.807, 2.05) is 13.8 Å². The first-order valence-corrected chi connectivity index (χ1v) is 10.8. The number of aromatic nitrogens is 2. The number of nitrogens with one attached hydrogen (secondary N) is 1. The monoisotopic (exact) mass is 391 g/mol. The minimum atomic E-state index is -0.0775. The van der Waals surface area contributed by atoms with E-state index >= 15 is 0 Å². The Morgan fingerprint density at radius 1 is 1.50 bits per heavy atom. The zero-order valence-corrected chi connectivity index (χ0v) is 17.2. The molecule has 0 spiro atoms. The molecule has 0 unspecified atom stereocenters. The fraction of sp³-hybridized carbons (Fsp3) is 0.526. The smallest absolute Gasteiger partial charge is 0.260 e. The lowest BCUT2D eigenvalue weighted by molar-refractivity contribution is -0.127. The molecule has 2 heterocycles. The Labute approximate surface area is 161 Å². The van der Waals surface area contributed by atoms with Gasteiger partial charge in [0.1, 0.15) is 4.83 Å². The lowest BCUT2D eigenvalue weighted by Gasteiger charge is -2.20. The number of nitrogens with zero attached hydrogens (tertiary/aromatic N) is 2. The maximum absolute atomic E-state index is 12.6. The van der Waals surface area contributed by atoms with Crippen molar-refractivity contribution in [2.24, 2.45) is 5.92 Å². The Bertz CT molecular complexity index is 900. The van der Waals surface area contributed by atoms with E-state index in [1.165, 1.54) is 22.2 Å². The lowest BCUT2D eigenvalue weighted by Crippen LogP contribution is -2.33. The third kappa shape index (κ3) is 4.04. The number of H-pyrrole nitrogens is 1. The van der Waals surface area contributed by atoms with Crippen molar-refractivity contribution in [3.8, 4) is 0 Å². The molecule has 1 amide bonds. The molecule has 0 bridgehead atoms. The molecule has 2 aromatic heterocycles. The van der Waals surface area contributed by atoms with Gasteiger partial charge in [0.05, 0.1) is 11.1 Å². The molecule has 1 aliphatic carbocycles. The average molecular weight is 392 g/mol. The van der Waals surface area contributed by atoms with E-state index < -0.39 is 0 Å². The fourth-order valence-electron chi connectivity index (χ4n) is 3.32. The molecule has 0 aliphatic heterocycles. The van der Waals surface area contributed by atoms with E-state index in [9.17, 15) is 9.59 Å². The van der Waals surface area contributed by atoms with Gasteiger partial charge in [0.15, 0.2) is 5.16 Å². The van der Waals surface area contributed by atoms with Crippen LogP contribution in [0.2, 0.25) is 0 Å². The molecule has 1 aliphatic rings. The average Bonchev–Trinajstić information content (AvgIpc) is 2.94. The van der Waals surface area contributed by atoms with Crippen LogP contribution in [0.3, 0.4) is 0 Å². The van der Waals surface area contributed by atoms with Crippen molar-refractivity contribution in [1.82, 2.24) is 14.9 Å². The number of rotatable bonds is 6. The summed E-state index contributed by atoms with van der Waals surface area (Å²) in [7, 11) is 0. The maximum Gasteiger partial charge on any atom is 0.260 e. The van der Waals surface area contributed by atoms with Crippen molar-refractivity contribution in [2.45, 2.75) is 45.2 Å². The molecule has 3 rings (SSSR count). The lowest BCUT2D eigenvalue weighted by atomic mass is 9.89. The van der Waals surface area contributed by atoms with Gasteiger partial charge in [0.25, 0.3) is 5.56 Å². The van der Waals surface area contributed by atoms with E-state index in [1.54, 1.807) is 16.2 Å². The Hall–Kier alpha value is -1.60. The fourth-order valence-corrected chi connectivity index (χ4v) is 5.53. The van der Waals surface area contributed by atoms with Gasteiger partial charge in [-0.15, -0.1) is 11.3 Å². The molecule has 140 valence electrons. The SMILES string of the molecule is C=C(C)CN(CC)C(=O)CSc1nc2sc3c(c2c(=O)[nH]1)CC[C@@H](C)C3. The van der Waals surface area contributed by atoms with E-state index in [-0.39, 0.29) is 17.2 Å². The molecule has 1 N–H and O–H groups in total. The highest BCUT2D eigenvalue weighted by Gasteiger charge is 2.23. The summed E-state index contributed by atoms with van der Waals surface area (Å²) in [5, 5.41) is 1.28. The van der Waals surface area contributed by atoms with Crippen molar-refractivity contribution in [3.05, 3.63) is 32.9 Å². The number of thioether (sulfide) groups is 1. The summed E-state index contributed by atoms with van der Waals surface area (Å²) >= 11 is 2.93. The van der Waals surface area contributed by atoms with E-state index in [4.69, 9.17) is 0 Å². The van der Waals surface area contributed by atoms with E-state index in [0.717, 1.165) is 35.1 Å². The predicted octanol–water partition coefficient (Wildman–Crippen LogP) is 3.63. The Kier molecular flexibility index (Phi) is 5.87. The summed E-state index contributed by atoms with van der Waals surface area (Å²) in [5.41, 5.74) is 2.06. The standard InChI is InChI=1S/C19H25N3O2S2/c1-5-22(9-11(2)3)15(23)10-25-19-20-17(24)16-13-7-6-12(4)8-14(13)26-18(16)21-19/h12H,2,5-10H2,1,3-4H3,(H,20,21,24)/t12-/m1/s1. The molecule has 0 saturated carbocycles. The Morgan fingerprint density at radius 3 is 2.96 bits per heavy atom. The molecule has 26 heavy (non-hydrogen) atoms. The summed E-state index contributed by atoms with van der Waals surface area (Å²) in [6.07, 6.45) is 3.11. The van der Waals surface area contributed by atoms with Crippen molar-refractivity contribution in [3.63, 3.8) is 0 Å². The van der Waals surface area contributed by atoms with E-state index in [0.29, 0.717) is 24.2 Å². The third-order valence-electron chi connectivity index (χ3n) is 4.67. The normalized spacial score (nSPS) is 16.5. The second-order valence-electron chi connectivity index (χ2n) is 7.06. The van der Waals surface area contributed by atoms with Gasteiger partial charge in [-0.3, -0.25) is 9.59 Å². The quantitative estimate of drug-likeness (QED) is 0.464. The maximum atomic E-state index is 12.6. The molecular weight excluding hydrogens is 366 g/mol. The number of hydrogen-bond acceptors (Lipinski definition) is 5. The van der Waals surface area contributed by atoms with Gasteiger partial charge in [-0.2, -0.15) is 0 Å². The van der Waals surface area contributed by atoms with Gasteiger partial charge in [-0.25, -0.2) is 4.98 Å². The predicted molar refractivity (Wildman–Crippen MR) is 109 cm³/mol. The highest BCUT2D eigenvalue weighted by Crippen LogP contribution is 2.36. The van der Waals surface area contributed by atoms with Crippen LogP contribution in [0.1, 0.15) is 37.6 Å². The zero-order valence-electron chi connectivity index (χ0n) is 15.6. The van der Waals surface area contributed by atoms with Crippen LogP contribution in [0.25, 0.3) is 10.2 Å². The van der Waals surface area contributed by atoms with Crippen LogP contribution < -0.4 is 5.56 Å². The van der Waals surface area contributed by atoms with Crippen LogP contribution >= 0.6 is 23.1 Å². The summed E-state index contributed by atoms with van der Waals surface area (Å²) < 4.78 is 0. The summed E-state index contributed by atoms with van der Waals surface area (Å²) in [5.74, 6) is 0.953. The van der Waals surface area contributed by atoms with Gasteiger partial charge in [-0.05, 0) is 44.6 Å². The minimum absolute atomic E-state index is 0.0301. The van der Waals surface area contributed by atoms with Gasteiger partial charge in [0.2, 0.25) is 5.91 Å². The molecule has 2 aromatic rings. The molecule has 0 aromatic carbocycles. The molecule has 7 heteroatoms. The van der Waals surface area contributed by atoms with Crippen molar-refractivity contribution in [1.29, 1.82) is 0 Å². The number of aromatic amines is 1. The third-order valence-corrected chi connectivity index (χ3v) is 6.68. The number of hydrogen-bond donors (Lipinski definition) is 1. The highest BCUT2D eigenvalue weighted by molar-refractivity contribution is 7.99.